The average molecular weight is 302 g/mol. The van der Waals surface area contributed by atoms with Crippen LogP contribution in [0.2, 0.25) is 5.02 Å². The zero-order valence-corrected chi connectivity index (χ0v) is 11.7. The maximum Gasteiger partial charge on any atom is 0.323 e. The van der Waals surface area contributed by atoms with E-state index in [0.717, 1.165) is 11.1 Å². The summed E-state index contributed by atoms with van der Waals surface area (Å²) in [6.45, 7) is 0. The van der Waals surface area contributed by atoms with Crippen LogP contribution in [0.3, 0.4) is 0 Å². The number of carbonyl (C=O) groups is 1. The molecule has 1 aromatic heterocycles. The molecule has 0 saturated heterocycles. The molecule has 0 saturated carbocycles. The van der Waals surface area contributed by atoms with Crippen LogP contribution in [0.15, 0.2) is 47.3 Å². The Bertz CT molecular complexity index is 849. The van der Waals surface area contributed by atoms with E-state index in [0.29, 0.717) is 16.2 Å². The molecule has 3 N–H and O–H groups in total. The van der Waals surface area contributed by atoms with Gasteiger partial charge >= 0.3 is 5.69 Å². The number of rotatable bonds is 3. The van der Waals surface area contributed by atoms with Gasteiger partial charge in [0.15, 0.2) is 0 Å². The summed E-state index contributed by atoms with van der Waals surface area (Å²) in [5, 5.41) is 3.41. The van der Waals surface area contributed by atoms with Gasteiger partial charge in [0, 0.05) is 10.7 Å². The monoisotopic (exact) mass is 301 g/mol. The summed E-state index contributed by atoms with van der Waals surface area (Å²) in [5.41, 5.74) is 2.68. The number of halogens is 1. The van der Waals surface area contributed by atoms with Gasteiger partial charge < -0.3 is 15.3 Å². The maximum absolute atomic E-state index is 12.0. The molecule has 0 aliphatic carbocycles. The van der Waals surface area contributed by atoms with Crippen molar-refractivity contribution in [2.45, 2.75) is 6.42 Å². The smallest absolute Gasteiger partial charge is 0.323 e. The van der Waals surface area contributed by atoms with Gasteiger partial charge in [0.2, 0.25) is 5.91 Å². The summed E-state index contributed by atoms with van der Waals surface area (Å²) in [4.78, 5) is 28.5. The first-order valence-corrected chi connectivity index (χ1v) is 6.74. The van der Waals surface area contributed by atoms with E-state index >= 15 is 0 Å². The second-order valence-electron chi connectivity index (χ2n) is 4.69. The predicted octanol–water partition coefficient (Wildman–Crippen LogP) is 2.69. The minimum atomic E-state index is -0.257. The van der Waals surface area contributed by atoms with Crippen molar-refractivity contribution in [1.29, 1.82) is 0 Å². The molecule has 1 amide bonds. The standard InChI is InChI=1S/C15H12ClN3O2/c16-10-2-4-11(5-3-10)17-14(20)8-9-1-6-12-13(7-9)19-15(21)18-12/h1-7H,8H2,(H,17,20)(H2,18,19,21). The minimum Gasteiger partial charge on any atom is -0.326 e. The zero-order chi connectivity index (χ0) is 14.8. The second kappa shape index (κ2) is 5.46. The molecule has 106 valence electrons. The number of H-pyrrole nitrogens is 2. The molecule has 0 bridgehead atoms. The highest BCUT2D eigenvalue weighted by Gasteiger charge is 2.06. The van der Waals surface area contributed by atoms with Crippen LogP contribution in [-0.2, 0) is 11.2 Å². The number of hydrogen-bond donors (Lipinski definition) is 3. The van der Waals surface area contributed by atoms with Gasteiger partial charge in [-0.1, -0.05) is 17.7 Å². The lowest BCUT2D eigenvalue weighted by Crippen LogP contribution is -2.14. The zero-order valence-electron chi connectivity index (χ0n) is 10.9. The number of hydrogen-bond acceptors (Lipinski definition) is 2. The summed E-state index contributed by atoms with van der Waals surface area (Å²) in [7, 11) is 0. The summed E-state index contributed by atoms with van der Waals surface area (Å²) in [5.74, 6) is -0.130. The number of aromatic nitrogens is 2. The minimum absolute atomic E-state index is 0.130. The van der Waals surface area contributed by atoms with E-state index in [9.17, 15) is 9.59 Å². The normalized spacial score (nSPS) is 10.7. The van der Waals surface area contributed by atoms with Crippen molar-refractivity contribution in [3.63, 3.8) is 0 Å². The van der Waals surface area contributed by atoms with Crippen LogP contribution in [0.5, 0.6) is 0 Å². The fourth-order valence-corrected chi connectivity index (χ4v) is 2.24. The average Bonchev–Trinajstić information content (AvgIpc) is 2.80. The van der Waals surface area contributed by atoms with Crippen molar-refractivity contribution in [3.05, 3.63) is 63.5 Å². The van der Waals surface area contributed by atoms with Gasteiger partial charge in [-0.2, -0.15) is 0 Å². The van der Waals surface area contributed by atoms with Crippen molar-refractivity contribution >= 4 is 34.2 Å². The molecule has 2 aromatic carbocycles. The van der Waals surface area contributed by atoms with Gasteiger partial charge in [-0.3, -0.25) is 4.79 Å². The molecule has 0 radical (unpaired) electrons. The number of amides is 1. The third-order valence-electron chi connectivity index (χ3n) is 3.07. The lowest BCUT2D eigenvalue weighted by Gasteiger charge is -2.05. The molecule has 1 heterocycles. The highest BCUT2D eigenvalue weighted by Crippen LogP contribution is 2.15. The van der Waals surface area contributed by atoms with Crippen LogP contribution in [0.4, 0.5) is 5.69 Å². The summed E-state index contributed by atoms with van der Waals surface area (Å²) < 4.78 is 0. The van der Waals surface area contributed by atoms with Gasteiger partial charge in [0.05, 0.1) is 17.5 Å². The number of imidazole rings is 1. The number of anilines is 1. The second-order valence-corrected chi connectivity index (χ2v) is 5.13. The largest absolute Gasteiger partial charge is 0.326 e. The molecule has 3 rings (SSSR count). The lowest BCUT2D eigenvalue weighted by atomic mass is 10.1. The van der Waals surface area contributed by atoms with Gasteiger partial charge in [-0.15, -0.1) is 0 Å². The van der Waals surface area contributed by atoms with Gasteiger partial charge in [-0.05, 0) is 42.0 Å². The van der Waals surface area contributed by atoms with Crippen LogP contribution in [0.25, 0.3) is 11.0 Å². The molecule has 0 aliphatic rings. The molecule has 5 nitrogen and oxygen atoms in total. The van der Waals surface area contributed by atoms with Crippen LogP contribution < -0.4 is 11.0 Å². The van der Waals surface area contributed by atoms with E-state index in [-0.39, 0.29) is 18.0 Å². The van der Waals surface area contributed by atoms with Crippen LogP contribution in [0, 0.1) is 0 Å². The first-order chi connectivity index (χ1) is 10.1. The first-order valence-electron chi connectivity index (χ1n) is 6.36. The Morgan fingerprint density at radius 2 is 1.76 bits per heavy atom. The van der Waals surface area contributed by atoms with E-state index in [4.69, 9.17) is 11.6 Å². The Kier molecular flexibility index (Phi) is 3.50. The Labute approximate surface area is 125 Å². The SMILES string of the molecule is O=C(Cc1ccc2[nH]c(=O)[nH]c2c1)Nc1ccc(Cl)cc1. The van der Waals surface area contributed by atoms with Gasteiger partial charge in [-0.25, -0.2) is 4.79 Å². The highest BCUT2D eigenvalue weighted by molar-refractivity contribution is 6.30. The third-order valence-corrected chi connectivity index (χ3v) is 3.33. The summed E-state index contributed by atoms with van der Waals surface area (Å²) in [6.07, 6.45) is 0.228. The van der Waals surface area contributed by atoms with E-state index in [1.54, 1.807) is 36.4 Å². The molecule has 6 heteroatoms. The summed E-state index contributed by atoms with van der Waals surface area (Å²) >= 11 is 5.79. The number of aromatic amines is 2. The maximum atomic E-state index is 12.0. The van der Waals surface area contributed by atoms with Gasteiger partial charge in [0.25, 0.3) is 0 Å². The van der Waals surface area contributed by atoms with Crippen molar-refractivity contribution < 1.29 is 4.79 Å². The molecular formula is C15H12ClN3O2. The van der Waals surface area contributed by atoms with Crippen molar-refractivity contribution in [2.24, 2.45) is 0 Å². The molecule has 3 aromatic rings. The molecular weight excluding hydrogens is 290 g/mol. The number of benzene rings is 2. The van der Waals surface area contributed by atoms with Crippen molar-refractivity contribution in [1.82, 2.24) is 9.97 Å². The topological polar surface area (TPSA) is 77.8 Å². The van der Waals surface area contributed by atoms with E-state index in [2.05, 4.69) is 15.3 Å². The van der Waals surface area contributed by atoms with Gasteiger partial charge in [0.1, 0.15) is 0 Å². The van der Waals surface area contributed by atoms with Crippen LogP contribution in [0.1, 0.15) is 5.56 Å². The fraction of sp³-hybridized carbons (Fsp3) is 0.0667. The Balaban J connectivity index is 1.73. The molecule has 21 heavy (non-hydrogen) atoms. The fourth-order valence-electron chi connectivity index (χ4n) is 2.11. The molecule has 0 aliphatic heterocycles. The summed E-state index contributed by atoms with van der Waals surface area (Å²) in [6, 6.07) is 12.3. The lowest BCUT2D eigenvalue weighted by molar-refractivity contribution is -0.115. The quantitative estimate of drug-likeness (QED) is 0.695. The number of nitrogens with one attached hydrogen (secondary N) is 3. The first kappa shape index (κ1) is 13.5. The van der Waals surface area contributed by atoms with Crippen molar-refractivity contribution in [3.8, 4) is 0 Å². The molecule has 0 atom stereocenters. The number of fused-ring (bicyclic) bond motifs is 1. The molecule has 0 unspecified atom stereocenters. The molecule has 0 fully saturated rings. The van der Waals surface area contributed by atoms with E-state index < -0.39 is 0 Å². The van der Waals surface area contributed by atoms with E-state index in [1.165, 1.54) is 0 Å². The Morgan fingerprint density at radius 3 is 2.52 bits per heavy atom. The highest BCUT2D eigenvalue weighted by atomic mass is 35.5. The molecule has 0 spiro atoms. The Morgan fingerprint density at radius 1 is 1.05 bits per heavy atom. The predicted molar refractivity (Wildman–Crippen MR) is 82.7 cm³/mol. The number of carbonyl (C=O) groups excluding carboxylic acids is 1. The Hall–Kier alpha value is -2.53. The van der Waals surface area contributed by atoms with E-state index in [1.807, 2.05) is 6.07 Å². The van der Waals surface area contributed by atoms with Crippen LogP contribution >= 0.6 is 11.6 Å². The van der Waals surface area contributed by atoms with Crippen LogP contribution in [-0.4, -0.2) is 15.9 Å². The third kappa shape index (κ3) is 3.14. The van der Waals surface area contributed by atoms with Crippen molar-refractivity contribution in [2.75, 3.05) is 5.32 Å².